The highest BCUT2D eigenvalue weighted by Crippen LogP contribution is 2.06. The van der Waals surface area contributed by atoms with E-state index in [-0.39, 0.29) is 0 Å². The van der Waals surface area contributed by atoms with Gasteiger partial charge in [0.1, 0.15) is 0 Å². The van der Waals surface area contributed by atoms with Crippen molar-refractivity contribution in [2.24, 2.45) is 0 Å². The fourth-order valence-corrected chi connectivity index (χ4v) is 1.52. The minimum atomic E-state index is 0.347. The summed E-state index contributed by atoms with van der Waals surface area (Å²) < 4.78 is 0. The quantitative estimate of drug-likeness (QED) is 0.660. The molecule has 0 saturated carbocycles. The molecule has 4 N–H and O–H groups in total. The van der Waals surface area contributed by atoms with E-state index in [0.29, 0.717) is 17.9 Å². The zero-order valence-corrected chi connectivity index (χ0v) is 8.69. The van der Waals surface area contributed by atoms with E-state index in [0.717, 1.165) is 12.2 Å². The van der Waals surface area contributed by atoms with Crippen molar-refractivity contribution in [2.75, 3.05) is 23.1 Å². The maximum absolute atomic E-state index is 5.38. The SMILES string of the molecule is CSCCC(C)Nc1n[nH]c(N)n1. The van der Waals surface area contributed by atoms with Crippen LogP contribution in [0.3, 0.4) is 0 Å². The predicted octanol–water partition coefficient (Wildman–Crippen LogP) is 0.940. The fourth-order valence-electron chi connectivity index (χ4n) is 0.926. The Morgan fingerprint density at radius 2 is 2.46 bits per heavy atom. The molecule has 1 aromatic rings. The Labute approximate surface area is 81.9 Å². The van der Waals surface area contributed by atoms with Gasteiger partial charge in [-0.2, -0.15) is 16.7 Å². The van der Waals surface area contributed by atoms with Gasteiger partial charge in [-0.05, 0) is 25.4 Å². The summed E-state index contributed by atoms with van der Waals surface area (Å²) in [7, 11) is 0. The number of thioether (sulfide) groups is 1. The highest BCUT2D eigenvalue weighted by atomic mass is 32.2. The Morgan fingerprint density at radius 3 is 3.00 bits per heavy atom. The van der Waals surface area contributed by atoms with Gasteiger partial charge in [0, 0.05) is 6.04 Å². The van der Waals surface area contributed by atoms with Crippen LogP contribution in [-0.4, -0.2) is 33.2 Å². The second-order valence-electron chi connectivity index (χ2n) is 2.87. The molecule has 0 aromatic carbocycles. The second kappa shape index (κ2) is 4.96. The van der Waals surface area contributed by atoms with E-state index in [1.54, 1.807) is 0 Å². The normalized spacial score (nSPS) is 12.8. The zero-order valence-electron chi connectivity index (χ0n) is 7.87. The van der Waals surface area contributed by atoms with E-state index in [4.69, 9.17) is 5.73 Å². The lowest BCUT2D eigenvalue weighted by atomic mass is 10.3. The van der Waals surface area contributed by atoms with Gasteiger partial charge in [-0.15, -0.1) is 5.10 Å². The van der Waals surface area contributed by atoms with Crippen LogP contribution in [0.25, 0.3) is 0 Å². The highest BCUT2D eigenvalue weighted by Gasteiger charge is 2.04. The Kier molecular flexibility index (Phi) is 3.88. The molecule has 1 atom stereocenters. The molecule has 6 heteroatoms. The van der Waals surface area contributed by atoms with Gasteiger partial charge in [-0.1, -0.05) is 0 Å². The van der Waals surface area contributed by atoms with Crippen LogP contribution in [0.2, 0.25) is 0 Å². The molecule has 0 aliphatic heterocycles. The first kappa shape index (κ1) is 10.2. The van der Waals surface area contributed by atoms with Crippen molar-refractivity contribution < 1.29 is 0 Å². The first-order valence-corrected chi connectivity index (χ1v) is 5.55. The van der Waals surface area contributed by atoms with Gasteiger partial charge in [0.05, 0.1) is 0 Å². The molecule has 0 radical (unpaired) electrons. The number of hydrogen-bond donors (Lipinski definition) is 3. The summed E-state index contributed by atoms with van der Waals surface area (Å²) in [5.74, 6) is 2.05. The van der Waals surface area contributed by atoms with Crippen LogP contribution >= 0.6 is 11.8 Å². The third-order valence-corrected chi connectivity index (χ3v) is 2.28. The Morgan fingerprint density at radius 1 is 1.69 bits per heavy atom. The van der Waals surface area contributed by atoms with Gasteiger partial charge in [0.15, 0.2) is 0 Å². The van der Waals surface area contributed by atoms with E-state index >= 15 is 0 Å². The lowest BCUT2D eigenvalue weighted by Crippen LogP contribution is -2.16. The van der Waals surface area contributed by atoms with E-state index in [1.165, 1.54) is 0 Å². The number of anilines is 2. The van der Waals surface area contributed by atoms with Crippen LogP contribution in [0, 0.1) is 0 Å². The van der Waals surface area contributed by atoms with Crippen molar-refractivity contribution in [3.8, 4) is 0 Å². The van der Waals surface area contributed by atoms with Crippen molar-refractivity contribution in [3.63, 3.8) is 0 Å². The monoisotopic (exact) mass is 201 g/mol. The molecular weight excluding hydrogens is 186 g/mol. The standard InChI is InChI=1S/C7H15N5S/c1-5(3-4-13-2)9-7-10-6(8)11-12-7/h5H,3-4H2,1-2H3,(H4,8,9,10,11,12). The highest BCUT2D eigenvalue weighted by molar-refractivity contribution is 7.98. The molecule has 0 aliphatic rings. The minimum Gasteiger partial charge on any atom is -0.368 e. The number of aromatic nitrogens is 3. The minimum absolute atomic E-state index is 0.347. The van der Waals surface area contributed by atoms with E-state index in [2.05, 4.69) is 33.7 Å². The smallest absolute Gasteiger partial charge is 0.243 e. The molecule has 0 fully saturated rings. The first-order valence-electron chi connectivity index (χ1n) is 4.15. The Bertz CT molecular complexity index is 249. The molecule has 0 bridgehead atoms. The average Bonchev–Trinajstić information content (AvgIpc) is 2.48. The van der Waals surface area contributed by atoms with Crippen LogP contribution in [0.1, 0.15) is 13.3 Å². The van der Waals surface area contributed by atoms with Crippen molar-refractivity contribution in [2.45, 2.75) is 19.4 Å². The third-order valence-electron chi connectivity index (χ3n) is 1.63. The molecule has 1 heterocycles. The maximum Gasteiger partial charge on any atom is 0.243 e. The van der Waals surface area contributed by atoms with Crippen LogP contribution in [0.15, 0.2) is 0 Å². The lowest BCUT2D eigenvalue weighted by molar-refractivity contribution is 0.761. The van der Waals surface area contributed by atoms with E-state index in [9.17, 15) is 0 Å². The summed E-state index contributed by atoms with van der Waals surface area (Å²) in [6.07, 6.45) is 3.19. The van der Waals surface area contributed by atoms with E-state index in [1.807, 2.05) is 11.8 Å². The molecule has 5 nitrogen and oxygen atoms in total. The topological polar surface area (TPSA) is 79.6 Å². The van der Waals surface area contributed by atoms with E-state index < -0.39 is 0 Å². The number of nitrogen functional groups attached to an aromatic ring is 1. The third kappa shape index (κ3) is 3.54. The summed E-state index contributed by atoms with van der Waals surface area (Å²) in [4.78, 5) is 3.95. The number of nitrogens with one attached hydrogen (secondary N) is 2. The van der Waals surface area contributed by atoms with Crippen molar-refractivity contribution in [3.05, 3.63) is 0 Å². The van der Waals surface area contributed by atoms with Gasteiger partial charge in [-0.3, -0.25) is 0 Å². The number of nitrogens with two attached hydrogens (primary N) is 1. The van der Waals surface area contributed by atoms with Crippen LogP contribution in [0.4, 0.5) is 11.9 Å². The molecule has 0 spiro atoms. The molecule has 0 aliphatic carbocycles. The van der Waals surface area contributed by atoms with Gasteiger partial charge in [-0.25, -0.2) is 5.10 Å². The van der Waals surface area contributed by atoms with Crippen LogP contribution in [-0.2, 0) is 0 Å². The average molecular weight is 201 g/mol. The fraction of sp³-hybridized carbons (Fsp3) is 0.714. The number of H-pyrrole nitrogens is 1. The molecule has 1 aromatic heterocycles. The predicted molar refractivity (Wildman–Crippen MR) is 56.9 cm³/mol. The molecule has 0 amide bonds. The summed E-state index contributed by atoms with van der Waals surface area (Å²) in [6, 6.07) is 0.377. The van der Waals surface area contributed by atoms with Crippen LogP contribution in [0.5, 0.6) is 0 Å². The van der Waals surface area contributed by atoms with Crippen LogP contribution < -0.4 is 11.1 Å². The Hall–Kier alpha value is -0.910. The first-order chi connectivity index (χ1) is 6.22. The van der Waals surface area contributed by atoms with Gasteiger partial charge in [0.25, 0.3) is 0 Å². The van der Waals surface area contributed by atoms with Crippen molar-refractivity contribution in [1.29, 1.82) is 0 Å². The molecule has 1 rings (SSSR count). The number of hydrogen-bond acceptors (Lipinski definition) is 5. The Balaban J connectivity index is 2.31. The molecule has 0 saturated heterocycles. The zero-order chi connectivity index (χ0) is 9.68. The largest absolute Gasteiger partial charge is 0.368 e. The van der Waals surface area contributed by atoms with Gasteiger partial charge >= 0.3 is 0 Å². The number of nitrogens with zero attached hydrogens (tertiary/aromatic N) is 2. The number of aromatic amines is 1. The molecule has 1 unspecified atom stereocenters. The molecule has 74 valence electrons. The molecule has 13 heavy (non-hydrogen) atoms. The van der Waals surface area contributed by atoms with Gasteiger partial charge in [0.2, 0.25) is 11.9 Å². The van der Waals surface area contributed by atoms with Gasteiger partial charge < -0.3 is 11.1 Å². The molecular formula is C7H15N5S. The van der Waals surface area contributed by atoms with Crippen molar-refractivity contribution >= 4 is 23.7 Å². The second-order valence-corrected chi connectivity index (χ2v) is 3.86. The summed E-state index contributed by atoms with van der Waals surface area (Å²) >= 11 is 1.83. The summed E-state index contributed by atoms with van der Waals surface area (Å²) in [5, 5.41) is 9.61. The maximum atomic E-state index is 5.38. The summed E-state index contributed by atoms with van der Waals surface area (Å²) in [6.45, 7) is 2.10. The number of rotatable bonds is 5. The summed E-state index contributed by atoms with van der Waals surface area (Å²) in [5.41, 5.74) is 5.38. The van der Waals surface area contributed by atoms with Crippen molar-refractivity contribution in [1.82, 2.24) is 15.2 Å². The lowest BCUT2D eigenvalue weighted by Gasteiger charge is -2.10.